The second-order valence-electron chi connectivity index (χ2n) is 5.13. The maximum Gasteiger partial charge on any atom is 0.242 e. The van der Waals surface area contributed by atoms with Crippen LogP contribution in [0.5, 0.6) is 0 Å². The highest BCUT2D eigenvalue weighted by molar-refractivity contribution is 6.28. The molecule has 112 valence electrons. The van der Waals surface area contributed by atoms with Gasteiger partial charge in [0.05, 0.1) is 0 Å². The van der Waals surface area contributed by atoms with Crippen LogP contribution in [0.2, 0.25) is 5.28 Å². The number of nitrogens with zero attached hydrogens (tertiary/aromatic N) is 4. The van der Waals surface area contributed by atoms with Gasteiger partial charge in [0.25, 0.3) is 0 Å². The number of amides is 1. The minimum absolute atomic E-state index is 0.0842. The topological polar surface area (TPSA) is 83.0 Å². The number of nitrogens with one attached hydrogen (secondary N) is 2. The van der Waals surface area contributed by atoms with Crippen LogP contribution in [0.1, 0.15) is 20.8 Å². The molecule has 0 aliphatic rings. The van der Waals surface area contributed by atoms with Crippen LogP contribution < -0.4 is 15.5 Å². The summed E-state index contributed by atoms with van der Waals surface area (Å²) in [5.41, 5.74) is 0. The van der Waals surface area contributed by atoms with Crippen molar-refractivity contribution in [2.24, 2.45) is 5.92 Å². The molecule has 1 atom stereocenters. The number of anilines is 2. The van der Waals surface area contributed by atoms with Crippen LogP contribution in [0.4, 0.5) is 11.9 Å². The van der Waals surface area contributed by atoms with Gasteiger partial charge in [-0.05, 0) is 24.4 Å². The van der Waals surface area contributed by atoms with Crippen LogP contribution in [-0.2, 0) is 4.79 Å². The van der Waals surface area contributed by atoms with Crippen molar-refractivity contribution < 1.29 is 4.79 Å². The van der Waals surface area contributed by atoms with Crippen LogP contribution in [0.25, 0.3) is 0 Å². The van der Waals surface area contributed by atoms with Gasteiger partial charge in [0, 0.05) is 20.6 Å². The smallest absolute Gasteiger partial charge is 0.242 e. The predicted octanol–water partition coefficient (Wildman–Crippen LogP) is 1.16. The van der Waals surface area contributed by atoms with Crippen molar-refractivity contribution >= 4 is 29.4 Å². The van der Waals surface area contributed by atoms with E-state index in [4.69, 9.17) is 11.6 Å². The van der Waals surface area contributed by atoms with E-state index in [1.165, 1.54) is 0 Å². The minimum Gasteiger partial charge on any atom is -0.354 e. The molecule has 1 heterocycles. The lowest BCUT2D eigenvalue weighted by Crippen LogP contribution is -2.39. The van der Waals surface area contributed by atoms with Gasteiger partial charge in [0.2, 0.25) is 23.1 Å². The minimum atomic E-state index is -0.456. The maximum absolute atomic E-state index is 11.9. The monoisotopic (exact) mass is 300 g/mol. The van der Waals surface area contributed by atoms with E-state index in [0.717, 1.165) is 0 Å². The summed E-state index contributed by atoms with van der Waals surface area (Å²) in [6.07, 6.45) is 0. The Kier molecular flexibility index (Phi) is 5.94. The van der Waals surface area contributed by atoms with Crippen LogP contribution in [0.3, 0.4) is 0 Å². The molecule has 1 amide bonds. The van der Waals surface area contributed by atoms with E-state index in [9.17, 15) is 4.79 Å². The molecule has 0 fully saturated rings. The van der Waals surface area contributed by atoms with Gasteiger partial charge < -0.3 is 15.5 Å². The normalized spacial score (nSPS) is 12.2. The lowest BCUT2D eigenvalue weighted by molar-refractivity contribution is -0.121. The number of carbonyl (C=O) groups is 1. The van der Waals surface area contributed by atoms with E-state index in [-0.39, 0.29) is 17.1 Å². The molecule has 0 saturated carbocycles. The van der Waals surface area contributed by atoms with Crippen molar-refractivity contribution in [2.45, 2.75) is 26.8 Å². The molecule has 0 saturated heterocycles. The zero-order chi connectivity index (χ0) is 15.3. The molecule has 7 nitrogen and oxygen atoms in total. The Morgan fingerprint density at radius 2 is 1.90 bits per heavy atom. The molecular formula is C12H21ClN6O. The van der Waals surface area contributed by atoms with Gasteiger partial charge in [-0.1, -0.05) is 13.8 Å². The molecule has 1 rings (SSSR count). The fraction of sp³-hybridized carbons (Fsp3) is 0.667. The van der Waals surface area contributed by atoms with Gasteiger partial charge in [-0.2, -0.15) is 15.0 Å². The molecule has 8 heteroatoms. The third kappa shape index (κ3) is 5.16. The molecule has 0 aliphatic heterocycles. The third-order valence-corrected chi connectivity index (χ3v) is 2.59. The lowest BCUT2D eigenvalue weighted by Gasteiger charge is -2.16. The fourth-order valence-electron chi connectivity index (χ4n) is 1.32. The first-order valence-corrected chi connectivity index (χ1v) is 6.80. The molecule has 20 heavy (non-hydrogen) atoms. The number of hydrogen-bond acceptors (Lipinski definition) is 6. The van der Waals surface area contributed by atoms with Gasteiger partial charge in [-0.25, -0.2) is 0 Å². The SMILES string of the molecule is CC(C)CNC(=O)C(C)Nc1nc(Cl)nc(N(C)C)n1. The summed E-state index contributed by atoms with van der Waals surface area (Å²) in [6.45, 7) is 6.44. The molecule has 1 aromatic heterocycles. The van der Waals surface area contributed by atoms with Crippen molar-refractivity contribution in [2.75, 3.05) is 30.9 Å². The van der Waals surface area contributed by atoms with E-state index in [0.29, 0.717) is 18.4 Å². The van der Waals surface area contributed by atoms with Gasteiger partial charge in [-0.3, -0.25) is 4.79 Å². The Morgan fingerprint density at radius 3 is 2.45 bits per heavy atom. The standard InChI is InChI=1S/C12H21ClN6O/c1-7(2)6-14-9(20)8(3)15-11-16-10(13)17-12(18-11)19(4)5/h7-8H,6H2,1-5H3,(H,14,20)(H,15,16,17,18). The van der Waals surface area contributed by atoms with Gasteiger partial charge in [0.15, 0.2) is 0 Å². The summed E-state index contributed by atoms with van der Waals surface area (Å²) in [4.78, 5) is 25.7. The summed E-state index contributed by atoms with van der Waals surface area (Å²) in [6, 6.07) is -0.456. The first-order valence-electron chi connectivity index (χ1n) is 6.42. The average molecular weight is 301 g/mol. The molecule has 2 N–H and O–H groups in total. The Hall–Kier alpha value is -1.63. The Bertz CT molecular complexity index is 465. The molecule has 0 radical (unpaired) electrons. The molecule has 0 bridgehead atoms. The summed E-state index contributed by atoms with van der Waals surface area (Å²) in [5, 5.41) is 5.84. The van der Waals surface area contributed by atoms with Crippen molar-refractivity contribution in [1.82, 2.24) is 20.3 Å². The molecular weight excluding hydrogens is 280 g/mol. The Balaban J connectivity index is 2.70. The Morgan fingerprint density at radius 1 is 1.25 bits per heavy atom. The number of aromatic nitrogens is 3. The summed E-state index contributed by atoms with van der Waals surface area (Å²) in [5.74, 6) is 1.00. The quantitative estimate of drug-likeness (QED) is 0.820. The maximum atomic E-state index is 11.9. The van der Waals surface area contributed by atoms with Crippen molar-refractivity contribution in [3.05, 3.63) is 5.28 Å². The highest BCUT2D eigenvalue weighted by Gasteiger charge is 2.15. The second-order valence-corrected chi connectivity index (χ2v) is 5.47. The van der Waals surface area contributed by atoms with Crippen LogP contribution >= 0.6 is 11.6 Å². The van der Waals surface area contributed by atoms with Crippen molar-refractivity contribution in [3.8, 4) is 0 Å². The summed E-state index contributed by atoms with van der Waals surface area (Å²) >= 11 is 5.83. The zero-order valence-electron chi connectivity index (χ0n) is 12.4. The third-order valence-electron chi connectivity index (χ3n) is 2.42. The van der Waals surface area contributed by atoms with Gasteiger partial charge in [0.1, 0.15) is 6.04 Å². The molecule has 0 aliphatic carbocycles. The van der Waals surface area contributed by atoms with Crippen LogP contribution in [0, 0.1) is 5.92 Å². The number of rotatable bonds is 6. The molecule has 0 aromatic carbocycles. The van der Waals surface area contributed by atoms with Crippen LogP contribution in [-0.4, -0.2) is 47.5 Å². The first kappa shape index (κ1) is 16.4. The van der Waals surface area contributed by atoms with E-state index in [1.54, 1.807) is 25.9 Å². The summed E-state index contributed by atoms with van der Waals surface area (Å²) < 4.78 is 0. The van der Waals surface area contributed by atoms with E-state index in [1.807, 2.05) is 13.8 Å². The highest BCUT2D eigenvalue weighted by Crippen LogP contribution is 2.12. The number of carbonyl (C=O) groups excluding carboxylic acids is 1. The van der Waals surface area contributed by atoms with E-state index >= 15 is 0 Å². The van der Waals surface area contributed by atoms with Crippen molar-refractivity contribution in [3.63, 3.8) is 0 Å². The zero-order valence-corrected chi connectivity index (χ0v) is 13.2. The van der Waals surface area contributed by atoms with E-state index in [2.05, 4.69) is 25.6 Å². The van der Waals surface area contributed by atoms with Crippen molar-refractivity contribution in [1.29, 1.82) is 0 Å². The number of hydrogen-bond donors (Lipinski definition) is 2. The lowest BCUT2D eigenvalue weighted by atomic mass is 10.2. The Labute approximate surface area is 124 Å². The molecule has 1 aromatic rings. The fourth-order valence-corrected chi connectivity index (χ4v) is 1.48. The largest absolute Gasteiger partial charge is 0.354 e. The molecule has 0 spiro atoms. The van der Waals surface area contributed by atoms with Gasteiger partial charge in [-0.15, -0.1) is 0 Å². The molecule has 1 unspecified atom stereocenters. The van der Waals surface area contributed by atoms with Crippen LogP contribution in [0.15, 0.2) is 0 Å². The summed E-state index contributed by atoms with van der Waals surface area (Å²) in [7, 11) is 3.60. The highest BCUT2D eigenvalue weighted by atomic mass is 35.5. The van der Waals surface area contributed by atoms with E-state index < -0.39 is 6.04 Å². The predicted molar refractivity (Wildman–Crippen MR) is 80.1 cm³/mol. The second kappa shape index (κ2) is 7.23. The van der Waals surface area contributed by atoms with Gasteiger partial charge >= 0.3 is 0 Å². The first-order chi connectivity index (χ1) is 9.29. The average Bonchev–Trinajstić information content (AvgIpc) is 2.34. The number of halogens is 1.